The summed E-state index contributed by atoms with van der Waals surface area (Å²) in [6.45, 7) is 4.15. The van der Waals surface area contributed by atoms with Crippen LogP contribution < -0.4 is 0 Å². The number of morpholine rings is 1. The summed E-state index contributed by atoms with van der Waals surface area (Å²) in [5, 5.41) is 0. The lowest BCUT2D eigenvalue weighted by atomic mass is 10.4. The van der Waals surface area contributed by atoms with Gasteiger partial charge in [-0.15, -0.1) is 0 Å². The van der Waals surface area contributed by atoms with Crippen LogP contribution in [0.1, 0.15) is 0 Å². The highest BCUT2D eigenvalue weighted by atomic mass is 16.6. The molecule has 0 aromatic carbocycles. The van der Waals surface area contributed by atoms with Gasteiger partial charge in [0.15, 0.2) is 0 Å². The highest BCUT2D eigenvalue weighted by molar-refractivity contribution is 5.71. The molecule has 0 N–H and O–H groups in total. The van der Waals surface area contributed by atoms with E-state index in [9.17, 15) is 4.79 Å². The van der Waals surface area contributed by atoms with Crippen LogP contribution in [0.5, 0.6) is 0 Å². The average molecular weight is 203 g/mol. The molecule has 0 atom stereocenters. The number of hydrogen-bond donors (Lipinski definition) is 0. The molecule has 14 heavy (non-hydrogen) atoms. The average Bonchev–Trinajstić information content (AvgIpc) is 2.20. The van der Waals surface area contributed by atoms with Gasteiger partial charge in [-0.3, -0.25) is 9.69 Å². The maximum atomic E-state index is 11.2. The van der Waals surface area contributed by atoms with Crippen LogP contribution in [0.2, 0.25) is 0 Å². The van der Waals surface area contributed by atoms with E-state index in [1.165, 1.54) is 0 Å². The Kier molecular flexibility index (Phi) is 5.51. The van der Waals surface area contributed by atoms with Crippen LogP contribution in [0.4, 0.5) is 0 Å². The minimum atomic E-state index is -0.191. The topological polar surface area (TPSA) is 48.0 Å². The first-order valence-electron chi connectivity index (χ1n) is 4.77. The quantitative estimate of drug-likeness (QED) is 0.445. The Morgan fingerprint density at radius 2 is 2.07 bits per heavy atom. The number of rotatable bonds is 5. The van der Waals surface area contributed by atoms with Crippen molar-refractivity contribution in [2.75, 3.05) is 53.2 Å². The molecular weight excluding hydrogens is 186 g/mol. The number of carbonyl (C=O) groups is 1. The maximum Gasteiger partial charge on any atom is 0.320 e. The fraction of sp³-hybridized carbons (Fsp3) is 0.889. The third-order valence-corrected chi connectivity index (χ3v) is 2.01. The summed E-state index contributed by atoms with van der Waals surface area (Å²) in [5.41, 5.74) is 0. The van der Waals surface area contributed by atoms with Gasteiger partial charge in [-0.25, -0.2) is 0 Å². The summed E-state index contributed by atoms with van der Waals surface area (Å²) in [5.74, 6) is -0.191. The maximum absolute atomic E-state index is 11.2. The minimum absolute atomic E-state index is 0.191. The van der Waals surface area contributed by atoms with E-state index in [0.29, 0.717) is 33.0 Å². The largest absolute Gasteiger partial charge is 0.462 e. The number of esters is 1. The molecule has 0 bridgehead atoms. The zero-order valence-electron chi connectivity index (χ0n) is 8.53. The second-order valence-electron chi connectivity index (χ2n) is 3.10. The Bertz CT molecular complexity index is 168. The van der Waals surface area contributed by atoms with Crippen LogP contribution in [0.25, 0.3) is 0 Å². The Hall–Kier alpha value is -0.650. The molecule has 5 nitrogen and oxygen atoms in total. The summed E-state index contributed by atoms with van der Waals surface area (Å²) in [6, 6.07) is 0. The lowest BCUT2D eigenvalue weighted by molar-refractivity contribution is -0.147. The van der Waals surface area contributed by atoms with Crippen LogP contribution in [-0.4, -0.2) is 64.0 Å². The summed E-state index contributed by atoms with van der Waals surface area (Å²) < 4.78 is 14.9. The number of methoxy groups -OCH3 is 1. The van der Waals surface area contributed by atoms with Gasteiger partial charge in [0, 0.05) is 20.2 Å². The van der Waals surface area contributed by atoms with E-state index in [1.807, 2.05) is 4.90 Å². The van der Waals surface area contributed by atoms with Crippen LogP contribution in [0.3, 0.4) is 0 Å². The lowest BCUT2D eigenvalue weighted by Crippen LogP contribution is -2.40. The number of nitrogens with zero attached hydrogens (tertiary/aromatic N) is 1. The van der Waals surface area contributed by atoms with Crippen LogP contribution in [0, 0.1) is 0 Å². The molecule has 82 valence electrons. The van der Waals surface area contributed by atoms with Crippen molar-refractivity contribution >= 4 is 5.97 Å². The predicted molar refractivity (Wildman–Crippen MR) is 50.1 cm³/mol. The minimum Gasteiger partial charge on any atom is -0.462 e. The van der Waals surface area contributed by atoms with Crippen molar-refractivity contribution in [1.29, 1.82) is 0 Å². The van der Waals surface area contributed by atoms with Gasteiger partial charge in [-0.05, 0) is 0 Å². The fourth-order valence-electron chi connectivity index (χ4n) is 1.23. The van der Waals surface area contributed by atoms with Crippen LogP contribution in [-0.2, 0) is 19.0 Å². The van der Waals surface area contributed by atoms with E-state index in [-0.39, 0.29) is 5.97 Å². The van der Waals surface area contributed by atoms with Crippen molar-refractivity contribution in [1.82, 2.24) is 4.90 Å². The fourth-order valence-corrected chi connectivity index (χ4v) is 1.23. The van der Waals surface area contributed by atoms with E-state index in [4.69, 9.17) is 14.2 Å². The molecule has 0 unspecified atom stereocenters. The molecule has 1 aliphatic rings. The summed E-state index contributed by atoms with van der Waals surface area (Å²) in [4.78, 5) is 13.3. The van der Waals surface area contributed by atoms with Gasteiger partial charge in [0.25, 0.3) is 0 Å². The van der Waals surface area contributed by atoms with Gasteiger partial charge in [-0.2, -0.15) is 0 Å². The van der Waals surface area contributed by atoms with Crippen LogP contribution >= 0.6 is 0 Å². The lowest BCUT2D eigenvalue weighted by Gasteiger charge is -2.25. The van der Waals surface area contributed by atoms with Gasteiger partial charge >= 0.3 is 5.97 Å². The molecule has 1 heterocycles. The molecule has 1 rings (SSSR count). The first kappa shape index (κ1) is 11.4. The molecule has 0 saturated carbocycles. The monoisotopic (exact) mass is 203 g/mol. The molecule has 0 aliphatic carbocycles. The van der Waals surface area contributed by atoms with E-state index in [0.717, 1.165) is 13.1 Å². The summed E-state index contributed by atoms with van der Waals surface area (Å²) in [6.07, 6.45) is 0. The molecule has 5 heteroatoms. The zero-order valence-corrected chi connectivity index (χ0v) is 8.53. The highest BCUT2D eigenvalue weighted by Crippen LogP contribution is 1.96. The third-order valence-electron chi connectivity index (χ3n) is 2.01. The Morgan fingerprint density at radius 3 is 2.71 bits per heavy atom. The molecule has 0 radical (unpaired) electrons. The first-order chi connectivity index (χ1) is 6.83. The van der Waals surface area contributed by atoms with Gasteiger partial charge in [-0.1, -0.05) is 0 Å². The second kappa shape index (κ2) is 6.75. The van der Waals surface area contributed by atoms with E-state index < -0.39 is 0 Å². The van der Waals surface area contributed by atoms with Gasteiger partial charge in [0.1, 0.15) is 6.61 Å². The number of hydrogen-bond acceptors (Lipinski definition) is 5. The van der Waals surface area contributed by atoms with E-state index in [1.54, 1.807) is 7.11 Å². The van der Waals surface area contributed by atoms with Gasteiger partial charge in [0.05, 0.1) is 26.4 Å². The molecule has 1 fully saturated rings. The normalized spacial score (nSPS) is 18.1. The van der Waals surface area contributed by atoms with Crippen molar-refractivity contribution in [3.8, 4) is 0 Å². The molecule has 0 aromatic heterocycles. The Morgan fingerprint density at radius 1 is 1.36 bits per heavy atom. The smallest absolute Gasteiger partial charge is 0.320 e. The Labute approximate surface area is 83.9 Å². The third kappa shape index (κ3) is 4.55. The van der Waals surface area contributed by atoms with Gasteiger partial charge in [0.2, 0.25) is 0 Å². The summed E-state index contributed by atoms with van der Waals surface area (Å²) in [7, 11) is 1.58. The molecule has 1 saturated heterocycles. The van der Waals surface area contributed by atoms with E-state index in [2.05, 4.69) is 0 Å². The first-order valence-corrected chi connectivity index (χ1v) is 4.77. The van der Waals surface area contributed by atoms with Crippen molar-refractivity contribution in [3.05, 3.63) is 0 Å². The molecule has 1 aliphatic heterocycles. The van der Waals surface area contributed by atoms with Crippen molar-refractivity contribution in [3.63, 3.8) is 0 Å². The zero-order chi connectivity index (χ0) is 10.2. The SMILES string of the molecule is COCCOC(=O)CN1CCOCC1. The molecule has 0 spiro atoms. The molecular formula is C9H17NO4. The molecule has 0 aromatic rings. The van der Waals surface area contributed by atoms with Crippen LogP contribution in [0.15, 0.2) is 0 Å². The van der Waals surface area contributed by atoms with E-state index >= 15 is 0 Å². The predicted octanol–water partition coefficient (Wildman–Crippen LogP) is -0.492. The highest BCUT2D eigenvalue weighted by Gasteiger charge is 2.14. The number of carbonyl (C=O) groups excluding carboxylic acids is 1. The van der Waals surface area contributed by atoms with Crippen molar-refractivity contribution < 1.29 is 19.0 Å². The van der Waals surface area contributed by atoms with Gasteiger partial charge < -0.3 is 14.2 Å². The van der Waals surface area contributed by atoms with Crippen molar-refractivity contribution in [2.24, 2.45) is 0 Å². The number of ether oxygens (including phenoxy) is 3. The standard InChI is InChI=1S/C9H17NO4/c1-12-6-7-14-9(11)8-10-2-4-13-5-3-10/h2-8H2,1H3. The summed E-state index contributed by atoms with van der Waals surface area (Å²) >= 11 is 0. The second-order valence-corrected chi connectivity index (χ2v) is 3.10. The Balaban J connectivity index is 2.06. The van der Waals surface area contributed by atoms with Crippen molar-refractivity contribution in [2.45, 2.75) is 0 Å². The molecule has 0 amide bonds.